The minimum Gasteiger partial charge on any atom is -0.448 e. The van der Waals surface area contributed by atoms with Crippen molar-refractivity contribution in [2.45, 2.75) is 32.3 Å². The van der Waals surface area contributed by atoms with Crippen LogP contribution in [0, 0.1) is 0 Å². The molecule has 5 nitrogen and oxygen atoms in total. The van der Waals surface area contributed by atoms with Gasteiger partial charge in [0, 0.05) is 23.4 Å². The average molecular weight is 409 g/mol. The van der Waals surface area contributed by atoms with Gasteiger partial charge in [-0.1, -0.05) is 67.6 Å². The zero-order valence-electron chi connectivity index (χ0n) is 16.5. The van der Waals surface area contributed by atoms with Crippen molar-refractivity contribution in [1.82, 2.24) is 10.3 Å². The molecule has 0 aliphatic rings. The number of thiazole rings is 1. The fraction of sp³-hybridized carbons (Fsp3) is 0.261. The average Bonchev–Trinajstić information content (AvgIpc) is 3.26. The molecule has 1 amide bonds. The minimum absolute atomic E-state index is 0.212. The van der Waals surface area contributed by atoms with E-state index >= 15 is 0 Å². The molecule has 0 bridgehead atoms. The fourth-order valence-corrected chi connectivity index (χ4v) is 3.74. The predicted octanol–water partition coefficient (Wildman–Crippen LogP) is 4.67. The smallest absolute Gasteiger partial charge is 0.358 e. The summed E-state index contributed by atoms with van der Waals surface area (Å²) < 4.78 is 5.31. The molecule has 6 heteroatoms. The third-order valence-corrected chi connectivity index (χ3v) is 5.56. The molecule has 29 heavy (non-hydrogen) atoms. The molecule has 0 fully saturated rings. The van der Waals surface area contributed by atoms with Crippen LogP contribution in [-0.2, 0) is 9.53 Å². The first kappa shape index (κ1) is 20.7. The summed E-state index contributed by atoms with van der Waals surface area (Å²) in [6.45, 7) is 4.15. The van der Waals surface area contributed by atoms with Gasteiger partial charge in [0.15, 0.2) is 11.8 Å². The lowest BCUT2D eigenvalue weighted by molar-refractivity contribution is -0.129. The Morgan fingerprint density at radius 3 is 2.38 bits per heavy atom. The first-order chi connectivity index (χ1) is 14.1. The van der Waals surface area contributed by atoms with E-state index in [0.29, 0.717) is 6.54 Å². The number of aromatic nitrogens is 1. The number of hydrogen-bond acceptors (Lipinski definition) is 5. The standard InChI is InChI=1S/C23H24N2O3S/c1-3-17(18-10-6-4-7-11-18)14-24-21(26)16(2)28-23(27)20-15-29-22(25-20)19-12-8-5-9-13-19/h4-13,15-17H,3,14H2,1-2H3,(H,24,26)/t16-,17+/m0/s1. The Hall–Kier alpha value is -2.99. The summed E-state index contributed by atoms with van der Waals surface area (Å²) in [5.41, 5.74) is 2.33. The number of carbonyl (C=O) groups is 2. The molecule has 2 aromatic carbocycles. The SMILES string of the molecule is CC[C@H](CNC(=O)[C@H](C)OC(=O)c1csc(-c2ccccc2)n1)c1ccccc1. The summed E-state index contributed by atoms with van der Waals surface area (Å²) in [7, 11) is 0. The molecule has 0 unspecified atom stereocenters. The van der Waals surface area contributed by atoms with Gasteiger partial charge in [0.25, 0.3) is 5.91 Å². The summed E-state index contributed by atoms with van der Waals surface area (Å²) in [5.74, 6) is -0.692. The van der Waals surface area contributed by atoms with Gasteiger partial charge in [0.05, 0.1) is 0 Å². The Morgan fingerprint density at radius 2 is 1.72 bits per heavy atom. The largest absolute Gasteiger partial charge is 0.448 e. The first-order valence-corrected chi connectivity index (χ1v) is 10.5. The van der Waals surface area contributed by atoms with Gasteiger partial charge in [-0.3, -0.25) is 4.79 Å². The molecule has 0 saturated heterocycles. The molecule has 150 valence electrons. The molecule has 0 aliphatic carbocycles. The molecule has 1 N–H and O–H groups in total. The van der Waals surface area contributed by atoms with E-state index in [2.05, 4.69) is 29.4 Å². The number of nitrogens with zero attached hydrogens (tertiary/aromatic N) is 1. The number of nitrogens with one attached hydrogen (secondary N) is 1. The second-order valence-electron chi connectivity index (χ2n) is 6.71. The molecule has 1 heterocycles. The predicted molar refractivity (Wildman–Crippen MR) is 115 cm³/mol. The van der Waals surface area contributed by atoms with Gasteiger partial charge in [0.1, 0.15) is 5.01 Å². The van der Waals surface area contributed by atoms with Crippen molar-refractivity contribution >= 4 is 23.2 Å². The van der Waals surface area contributed by atoms with Crippen LogP contribution < -0.4 is 5.32 Å². The fourth-order valence-electron chi connectivity index (χ4n) is 2.95. The molecule has 3 rings (SSSR count). The second-order valence-corrected chi connectivity index (χ2v) is 7.57. The summed E-state index contributed by atoms with van der Waals surface area (Å²) in [6, 6.07) is 19.7. The molecule has 1 aromatic heterocycles. The van der Waals surface area contributed by atoms with E-state index in [4.69, 9.17) is 4.74 Å². The van der Waals surface area contributed by atoms with Crippen LogP contribution in [0.1, 0.15) is 42.2 Å². The summed E-state index contributed by atoms with van der Waals surface area (Å²) in [4.78, 5) is 29.1. The van der Waals surface area contributed by atoms with E-state index in [0.717, 1.165) is 17.0 Å². The number of amides is 1. The molecular formula is C23H24N2O3S. The van der Waals surface area contributed by atoms with Crippen LogP contribution in [0.4, 0.5) is 0 Å². The number of carbonyl (C=O) groups excluding carboxylic acids is 2. The molecule has 0 saturated carbocycles. The normalized spacial score (nSPS) is 12.8. The third-order valence-electron chi connectivity index (χ3n) is 4.67. The van der Waals surface area contributed by atoms with Crippen LogP contribution in [0.25, 0.3) is 10.6 Å². The Labute approximate surface area is 174 Å². The number of benzene rings is 2. The van der Waals surface area contributed by atoms with Gasteiger partial charge in [0.2, 0.25) is 0 Å². The maximum atomic E-state index is 12.4. The Kier molecular flexibility index (Phi) is 7.14. The van der Waals surface area contributed by atoms with Crippen molar-refractivity contribution < 1.29 is 14.3 Å². The molecule has 0 aliphatic heterocycles. The van der Waals surface area contributed by atoms with E-state index in [1.54, 1.807) is 12.3 Å². The summed E-state index contributed by atoms with van der Waals surface area (Å²) >= 11 is 1.37. The quantitative estimate of drug-likeness (QED) is 0.550. The van der Waals surface area contributed by atoms with Crippen LogP contribution in [0.2, 0.25) is 0 Å². The maximum Gasteiger partial charge on any atom is 0.358 e. The minimum atomic E-state index is -0.891. The van der Waals surface area contributed by atoms with Crippen molar-refractivity contribution in [3.63, 3.8) is 0 Å². The van der Waals surface area contributed by atoms with Gasteiger partial charge in [-0.15, -0.1) is 11.3 Å². The van der Waals surface area contributed by atoms with Gasteiger partial charge >= 0.3 is 5.97 Å². The summed E-state index contributed by atoms with van der Waals surface area (Å²) in [6.07, 6.45) is 0.0113. The van der Waals surface area contributed by atoms with E-state index in [1.807, 2.05) is 48.5 Å². The van der Waals surface area contributed by atoms with Gasteiger partial charge in [-0.2, -0.15) is 0 Å². The molecular weight excluding hydrogens is 384 g/mol. The maximum absolute atomic E-state index is 12.4. The highest BCUT2D eigenvalue weighted by atomic mass is 32.1. The highest BCUT2D eigenvalue weighted by molar-refractivity contribution is 7.13. The van der Waals surface area contributed by atoms with Crippen molar-refractivity contribution in [2.24, 2.45) is 0 Å². The van der Waals surface area contributed by atoms with Crippen LogP contribution in [0.3, 0.4) is 0 Å². The number of ether oxygens (including phenoxy) is 1. The zero-order chi connectivity index (χ0) is 20.6. The van der Waals surface area contributed by atoms with Gasteiger partial charge in [-0.05, 0) is 18.9 Å². The lowest BCUT2D eigenvalue weighted by Crippen LogP contribution is -2.38. The highest BCUT2D eigenvalue weighted by Gasteiger charge is 2.22. The Balaban J connectivity index is 1.54. The van der Waals surface area contributed by atoms with Crippen molar-refractivity contribution in [3.05, 3.63) is 77.3 Å². The molecule has 0 spiro atoms. The monoisotopic (exact) mass is 408 g/mol. The second kappa shape index (κ2) is 9.98. The number of hydrogen-bond donors (Lipinski definition) is 1. The first-order valence-electron chi connectivity index (χ1n) is 9.63. The topological polar surface area (TPSA) is 68.3 Å². The number of esters is 1. The Bertz CT molecular complexity index is 941. The highest BCUT2D eigenvalue weighted by Crippen LogP contribution is 2.24. The van der Waals surface area contributed by atoms with Crippen LogP contribution in [0.15, 0.2) is 66.0 Å². The van der Waals surface area contributed by atoms with Crippen molar-refractivity contribution in [3.8, 4) is 10.6 Å². The van der Waals surface area contributed by atoms with Gasteiger partial charge < -0.3 is 10.1 Å². The van der Waals surface area contributed by atoms with Crippen LogP contribution in [0.5, 0.6) is 0 Å². The van der Waals surface area contributed by atoms with Crippen LogP contribution >= 0.6 is 11.3 Å². The van der Waals surface area contributed by atoms with Gasteiger partial charge in [-0.25, -0.2) is 9.78 Å². The molecule has 2 atom stereocenters. The zero-order valence-corrected chi connectivity index (χ0v) is 17.3. The summed E-state index contributed by atoms with van der Waals surface area (Å²) in [5, 5.41) is 5.28. The molecule has 0 radical (unpaired) electrons. The lowest BCUT2D eigenvalue weighted by atomic mass is 9.96. The van der Waals surface area contributed by atoms with E-state index in [-0.39, 0.29) is 17.5 Å². The number of rotatable bonds is 8. The third kappa shape index (κ3) is 5.51. The van der Waals surface area contributed by atoms with Crippen LogP contribution in [-0.4, -0.2) is 29.5 Å². The van der Waals surface area contributed by atoms with Crippen molar-refractivity contribution in [2.75, 3.05) is 6.54 Å². The lowest BCUT2D eigenvalue weighted by Gasteiger charge is -2.18. The Morgan fingerprint density at radius 1 is 1.07 bits per heavy atom. The van der Waals surface area contributed by atoms with E-state index < -0.39 is 12.1 Å². The molecule has 3 aromatic rings. The van der Waals surface area contributed by atoms with E-state index in [9.17, 15) is 9.59 Å². The van der Waals surface area contributed by atoms with E-state index in [1.165, 1.54) is 16.9 Å². The van der Waals surface area contributed by atoms with Crippen molar-refractivity contribution in [1.29, 1.82) is 0 Å².